The fraction of sp³-hybridized carbons (Fsp3) is 0.417. The van der Waals surface area contributed by atoms with Gasteiger partial charge >= 0.3 is 23.9 Å². The van der Waals surface area contributed by atoms with Gasteiger partial charge in [-0.1, -0.05) is 24.6 Å². The molecule has 0 amide bonds. The summed E-state index contributed by atoms with van der Waals surface area (Å²) in [5.74, 6) is -5.03. The lowest BCUT2D eigenvalue weighted by atomic mass is 10.00. The summed E-state index contributed by atoms with van der Waals surface area (Å²) in [7, 11) is 0. The average Bonchev–Trinajstić information content (AvgIpc) is 3.03. The third-order valence-electron chi connectivity index (χ3n) is 5.02. The smallest absolute Gasteiger partial charge is 0.328 e. The first kappa shape index (κ1) is 28.5. The topological polar surface area (TPSA) is 164 Å². The molecule has 5 N–H and O–H groups in total. The number of rotatable bonds is 6. The number of piperazine rings is 1. The second kappa shape index (κ2) is 16.2. The Hall–Kier alpha value is -3.50. The fourth-order valence-corrected chi connectivity index (χ4v) is 3.47. The third-order valence-corrected chi connectivity index (χ3v) is 5.02. The SMILES string of the molecule is O=C(O)/C=C/C(=O)O.O=C(O)/C=C/C(=O)O.c1cc2c(cc1CN1CCNCC1)CCCCC2. The van der Waals surface area contributed by atoms with Crippen molar-refractivity contribution in [1.82, 2.24) is 10.2 Å². The molecule has 1 fully saturated rings. The first-order chi connectivity index (χ1) is 16.2. The van der Waals surface area contributed by atoms with Gasteiger partial charge in [-0.05, 0) is 42.4 Å². The lowest BCUT2D eigenvalue weighted by molar-refractivity contribution is -0.134. The molecule has 1 aromatic carbocycles. The van der Waals surface area contributed by atoms with Crippen molar-refractivity contribution in [2.75, 3.05) is 26.2 Å². The zero-order valence-electron chi connectivity index (χ0n) is 19.0. The molecule has 1 aromatic rings. The van der Waals surface area contributed by atoms with Crippen LogP contribution < -0.4 is 5.32 Å². The molecule has 1 aliphatic heterocycles. The van der Waals surface area contributed by atoms with Crippen molar-refractivity contribution in [3.05, 3.63) is 59.2 Å². The number of carbonyl (C=O) groups is 4. The van der Waals surface area contributed by atoms with Crippen molar-refractivity contribution in [3.8, 4) is 0 Å². The summed E-state index contributed by atoms with van der Waals surface area (Å²) < 4.78 is 0. The van der Waals surface area contributed by atoms with Crippen LogP contribution in [0.3, 0.4) is 0 Å². The van der Waals surface area contributed by atoms with Crippen LogP contribution in [-0.2, 0) is 38.6 Å². The molecule has 0 aromatic heterocycles. The van der Waals surface area contributed by atoms with E-state index in [1.54, 1.807) is 11.1 Å². The minimum atomic E-state index is -1.26. The minimum Gasteiger partial charge on any atom is -0.478 e. The molecular weight excluding hydrogens is 444 g/mol. The number of aliphatic carboxylic acids is 4. The maximum atomic E-state index is 9.55. The number of hydrogen-bond acceptors (Lipinski definition) is 6. The summed E-state index contributed by atoms with van der Waals surface area (Å²) >= 11 is 0. The van der Waals surface area contributed by atoms with Gasteiger partial charge in [-0.2, -0.15) is 0 Å². The minimum absolute atomic E-state index is 0.558. The van der Waals surface area contributed by atoms with Crippen molar-refractivity contribution < 1.29 is 39.6 Å². The van der Waals surface area contributed by atoms with Crippen molar-refractivity contribution in [2.45, 2.75) is 38.6 Å². The lowest BCUT2D eigenvalue weighted by Gasteiger charge is -2.27. The standard InChI is InChI=1S/C16H24N2.2C4H4O4/c1-2-4-15-7-6-14(12-16(15)5-3-1)13-18-10-8-17-9-11-18;2*5-3(6)1-2-4(7)8/h6-7,12,17H,1-5,8-11,13H2;2*1-2H,(H,5,6)(H,7,8)/b;2*2-1+. The van der Waals surface area contributed by atoms with E-state index in [0.717, 1.165) is 19.6 Å². The predicted molar refractivity (Wildman–Crippen MR) is 125 cm³/mol. The van der Waals surface area contributed by atoms with Crippen LogP contribution >= 0.6 is 0 Å². The van der Waals surface area contributed by atoms with Crippen LogP contribution in [0.5, 0.6) is 0 Å². The molecule has 0 unspecified atom stereocenters. The summed E-state index contributed by atoms with van der Waals surface area (Å²) in [6.45, 7) is 5.80. The van der Waals surface area contributed by atoms with Gasteiger partial charge in [0.2, 0.25) is 0 Å². The van der Waals surface area contributed by atoms with Crippen LogP contribution in [0.1, 0.15) is 36.0 Å². The van der Waals surface area contributed by atoms with Gasteiger partial charge in [-0.15, -0.1) is 0 Å². The highest BCUT2D eigenvalue weighted by Crippen LogP contribution is 2.22. The Morgan fingerprint density at radius 1 is 0.735 bits per heavy atom. The summed E-state index contributed by atoms with van der Waals surface area (Å²) in [4.78, 5) is 40.8. The van der Waals surface area contributed by atoms with Gasteiger partial charge in [-0.3, -0.25) is 4.90 Å². The van der Waals surface area contributed by atoms with Crippen LogP contribution in [0, 0.1) is 0 Å². The van der Waals surface area contributed by atoms with Gasteiger partial charge in [0.05, 0.1) is 0 Å². The molecule has 1 aliphatic carbocycles. The van der Waals surface area contributed by atoms with E-state index in [1.165, 1.54) is 50.8 Å². The van der Waals surface area contributed by atoms with E-state index in [9.17, 15) is 19.2 Å². The normalized spacial score (nSPS) is 15.8. The largest absolute Gasteiger partial charge is 0.478 e. The Labute approximate surface area is 198 Å². The molecule has 10 nitrogen and oxygen atoms in total. The Kier molecular flexibility index (Phi) is 13.6. The first-order valence-corrected chi connectivity index (χ1v) is 11.0. The van der Waals surface area contributed by atoms with Gasteiger partial charge in [0.15, 0.2) is 0 Å². The van der Waals surface area contributed by atoms with Crippen molar-refractivity contribution in [3.63, 3.8) is 0 Å². The molecule has 186 valence electrons. The van der Waals surface area contributed by atoms with Crippen LogP contribution in [-0.4, -0.2) is 75.4 Å². The molecule has 0 saturated carbocycles. The number of carboxylic acid groups (broad SMARTS) is 4. The zero-order chi connectivity index (χ0) is 25.3. The van der Waals surface area contributed by atoms with Crippen molar-refractivity contribution in [2.24, 2.45) is 0 Å². The second-order valence-electron chi connectivity index (χ2n) is 7.71. The van der Waals surface area contributed by atoms with Crippen LogP contribution in [0.4, 0.5) is 0 Å². The molecule has 0 spiro atoms. The maximum absolute atomic E-state index is 9.55. The van der Waals surface area contributed by atoms with Crippen LogP contribution in [0.2, 0.25) is 0 Å². The number of aryl methyl sites for hydroxylation is 2. The second-order valence-corrected chi connectivity index (χ2v) is 7.71. The number of benzene rings is 1. The quantitative estimate of drug-likeness (QED) is 0.302. The summed E-state index contributed by atoms with van der Waals surface area (Å²) in [5, 5.41) is 34.7. The van der Waals surface area contributed by atoms with E-state index in [0.29, 0.717) is 24.3 Å². The Balaban J connectivity index is 0.000000304. The molecule has 10 heteroatoms. The number of nitrogens with one attached hydrogen (secondary N) is 1. The Bertz CT molecular complexity index is 823. The van der Waals surface area contributed by atoms with Gasteiger partial charge in [0.1, 0.15) is 0 Å². The maximum Gasteiger partial charge on any atom is 0.328 e. The number of nitrogens with zero attached hydrogens (tertiary/aromatic N) is 1. The number of carboxylic acids is 4. The average molecular weight is 477 g/mol. The van der Waals surface area contributed by atoms with E-state index in [1.807, 2.05) is 0 Å². The van der Waals surface area contributed by atoms with E-state index < -0.39 is 23.9 Å². The predicted octanol–water partition coefficient (Wildman–Crippen LogP) is 1.78. The van der Waals surface area contributed by atoms with Gasteiger partial charge < -0.3 is 25.7 Å². The van der Waals surface area contributed by atoms with Gasteiger partial charge in [0.25, 0.3) is 0 Å². The monoisotopic (exact) mass is 476 g/mol. The fourth-order valence-electron chi connectivity index (χ4n) is 3.47. The van der Waals surface area contributed by atoms with E-state index in [-0.39, 0.29) is 0 Å². The van der Waals surface area contributed by atoms with Crippen LogP contribution in [0.25, 0.3) is 0 Å². The molecule has 2 aliphatic rings. The van der Waals surface area contributed by atoms with Crippen LogP contribution in [0.15, 0.2) is 42.5 Å². The summed E-state index contributed by atoms with van der Waals surface area (Å²) in [5.41, 5.74) is 4.74. The van der Waals surface area contributed by atoms with E-state index in [2.05, 4.69) is 28.4 Å². The third kappa shape index (κ3) is 13.8. The molecule has 3 rings (SSSR count). The molecular formula is C24H32N2O8. The van der Waals surface area contributed by atoms with Crippen molar-refractivity contribution >= 4 is 23.9 Å². The highest BCUT2D eigenvalue weighted by Gasteiger charge is 2.12. The summed E-state index contributed by atoms with van der Waals surface area (Å²) in [6.07, 6.45) is 8.99. The lowest BCUT2D eigenvalue weighted by Crippen LogP contribution is -2.42. The molecule has 0 radical (unpaired) electrons. The first-order valence-electron chi connectivity index (χ1n) is 11.0. The molecule has 1 heterocycles. The highest BCUT2D eigenvalue weighted by molar-refractivity contribution is 5.90. The molecule has 1 saturated heterocycles. The molecule has 0 atom stereocenters. The number of fused-ring (bicyclic) bond motifs is 1. The van der Waals surface area contributed by atoms with E-state index in [4.69, 9.17) is 20.4 Å². The Morgan fingerprint density at radius 2 is 1.21 bits per heavy atom. The van der Waals surface area contributed by atoms with Gasteiger partial charge in [0, 0.05) is 57.0 Å². The zero-order valence-corrected chi connectivity index (χ0v) is 19.0. The highest BCUT2D eigenvalue weighted by atomic mass is 16.4. The number of hydrogen-bond donors (Lipinski definition) is 5. The molecule has 0 bridgehead atoms. The summed E-state index contributed by atoms with van der Waals surface area (Å²) in [6, 6.07) is 7.22. The van der Waals surface area contributed by atoms with E-state index >= 15 is 0 Å². The Morgan fingerprint density at radius 3 is 1.68 bits per heavy atom. The van der Waals surface area contributed by atoms with Crippen molar-refractivity contribution in [1.29, 1.82) is 0 Å². The van der Waals surface area contributed by atoms with Gasteiger partial charge in [-0.25, -0.2) is 19.2 Å². The molecule has 34 heavy (non-hydrogen) atoms.